The Balaban J connectivity index is 1.58. The second-order valence-electron chi connectivity index (χ2n) is 5.07. The van der Waals surface area contributed by atoms with Crippen molar-refractivity contribution in [2.75, 3.05) is 31.2 Å². The molecule has 2 rings (SSSR count). The Bertz CT molecular complexity index is 377. The number of thioether (sulfide) groups is 1. The minimum atomic E-state index is 0.834. The summed E-state index contributed by atoms with van der Waals surface area (Å²) in [5, 5.41) is 3.31. The molecule has 1 aromatic carbocycles. The molecule has 1 aliphatic rings. The molecule has 2 nitrogen and oxygen atoms in total. The first kappa shape index (κ1) is 13.8. The van der Waals surface area contributed by atoms with Crippen LogP contribution in [0.3, 0.4) is 0 Å². The van der Waals surface area contributed by atoms with Crippen molar-refractivity contribution in [2.24, 2.45) is 5.92 Å². The topological polar surface area (TPSA) is 21.3 Å². The smallest absolute Gasteiger partial charge is 0.122 e. The van der Waals surface area contributed by atoms with Gasteiger partial charge in [-0.1, -0.05) is 12.1 Å². The Hall–Kier alpha value is -0.670. The van der Waals surface area contributed by atoms with E-state index in [1.807, 2.05) is 0 Å². The van der Waals surface area contributed by atoms with Crippen LogP contribution in [-0.2, 0) is 0 Å². The number of aryl methyl sites for hydroxylation is 2. The first-order chi connectivity index (χ1) is 8.75. The summed E-state index contributed by atoms with van der Waals surface area (Å²) in [5.41, 5.74) is 2.50. The maximum atomic E-state index is 5.84. The zero-order valence-electron chi connectivity index (χ0n) is 11.4. The van der Waals surface area contributed by atoms with Crippen molar-refractivity contribution in [1.82, 2.24) is 5.32 Å². The summed E-state index contributed by atoms with van der Waals surface area (Å²) in [5.74, 6) is 4.47. The summed E-state index contributed by atoms with van der Waals surface area (Å²) in [6, 6.07) is 6.39. The summed E-state index contributed by atoms with van der Waals surface area (Å²) >= 11 is 2.06. The van der Waals surface area contributed by atoms with Gasteiger partial charge in [-0.3, -0.25) is 0 Å². The van der Waals surface area contributed by atoms with Crippen molar-refractivity contribution in [3.05, 3.63) is 29.3 Å². The van der Waals surface area contributed by atoms with E-state index in [1.54, 1.807) is 0 Å². The lowest BCUT2D eigenvalue weighted by Gasteiger charge is -2.26. The maximum absolute atomic E-state index is 5.84. The molecule has 0 amide bonds. The monoisotopic (exact) mass is 265 g/mol. The van der Waals surface area contributed by atoms with Gasteiger partial charge in [0.2, 0.25) is 0 Å². The lowest BCUT2D eigenvalue weighted by Crippen LogP contribution is -2.43. The van der Waals surface area contributed by atoms with Crippen LogP contribution >= 0.6 is 11.8 Å². The van der Waals surface area contributed by atoms with E-state index in [-0.39, 0.29) is 0 Å². The van der Waals surface area contributed by atoms with Crippen LogP contribution in [-0.4, -0.2) is 31.2 Å². The van der Waals surface area contributed by atoms with Gasteiger partial charge >= 0.3 is 0 Å². The highest BCUT2D eigenvalue weighted by Crippen LogP contribution is 2.19. The summed E-state index contributed by atoms with van der Waals surface area (Å²) in [6.45, 7) is 7.47. The number of nitrogens with one attached hydrogen (secondary N) is 1. The zero-order valence-corrected chi connectivity index (χ0v) is 12.2. The van der Waals surface area contributed by atoms with Crippen LogP contribution in [0.1, 0.15) is 17.5 Å². The first-order valence-corrected chi connectivity index (χ1v) is 7.89. The summed E-state index contributed by atoms with van der Waals surface area (Å²) < 4.78 is 5.84. The average Bonchev–Trinajstić information content (AvgIpc) is 2.30. The minimum absolute atomic E-state index is 0.834. The van der Waals surface area contributed by atoms with Crippen molar-refractivity contribution >= 4 is 11.8 Å². The van der Waals surface area contributed by atoms with Crippen molar-refractivity contribution in [1.29, 1.82) is 0 Å². The van der Waals surface area contributed by atoms with Crippen LogP contribution in [0.4, 0.5) is 0 Å². The van der Waals surface area contributed by atoms with E-state index in [9.17, 15) is 0 Å². The Morgan fingerprint density at radius 1 is 1.33 bits per heavy atom. The molecule has 1 fully saturated rings. The van der Waals surface area contributed by atoms with Crippen LogP contribution < -0.4 is 10.1 Å². The van der Waals surface area contributed by atoms with E-state index in [0.717, 1.165) is 24.7 Å². The molecule has 1 aliphatic heterocycles. The largest absolute Gasteiger partial charge is 0.493 e. The van der Waals surface area contributed by atoms with E-state index in [2.05, 4.69) is 49.1 Å². The maximum Gasteiger partial charge on any atom is 0.122 e. The Morgan fingerprint density at radius 2 is 2.17 bits per heavy atom. The fraction of sp³-hybridized carbons (Fsp3) is 0.600. The highest BCUT2D eigenvalue weighted by molar-refractivity contribution is 7.99. The average molecular weight is 265 g/mol. The quantitative estimate of drug-likeness (QED) is 0.766. The molecule has 0 aliphatic carbocycles. The molecule has 1 aromatic rings. The minimum Gasteiger partial charge on any atom is -0.493 e. The normalized spacial score (nSPS) is 15.4. The third-order valence-corrected chi connectivity index (χ3v) is 4.54. The molecule has 1 heterocycles. The third-order valence-electron chi connectivity index (χ3n) is 3.25. The molecule has 3 heteroatoms. The fourth-order valence-electron chi connectivity index (χ4n) is 1.92. The summed E-state index contributed by atoms with van der Waals surface area (Å²) in [6.07, 6.45) is 1.14. The van der Waals surface area contributed by atoms with Gasteiger partial charge in [0, 0.05) is 0 Å². The molecular weight excluding hydrogens is 242 g/mol. The second kappa shape index (κ2) is 7.05. The molecule has 100 valence electrons. The molecule has 1 saturated heterocycles. The summed E-state index contributed by atoms with van der Waals surface area (Å²) in [7, 11) is 0. The molecule has 0 radical (unpaired) electrons. The Kier molecular flexibility index (Phi) is 5.39. The molecule has 0 bridgehead atoms. The predicted molar refractivity (Wildman–Crippen MR) is 79.7 cm³/mol. The standard InChI is InChI=1S/C15H23NOS/c1-12-4-5-13(2)15(8-12)17-6-3-7-18-11-14-9-16-10-14/h4-5,8,14,16H,3,6-7,9-11H2,1-2H3. The van der Waals surface area contributed by atoms with E-state index in [1.165, 1.54) is 35.7 Å². The highest BCUT2D eigenvalue weighted by atomic mass is 32.2. The molecule has 1 N–H and O–H groups in total. The lowest BCUT2D eigenvalue weighted by molar-refractivity contribution is 0.316. The molecule has 18 heavy (non-hydrogen) atoms. The number of benzene rings is 1. The van der Waals surface area contributed by atoms with Gasteiger partial charge in [-0.15, -0.1) is 0 Å². The number of ether oxygens (including phenoxy) is 1. The van der Waals surface area contributed by atoms with Crippen LogP contribution in [0.2, 0.25) is 0 Å². The van der Waals surface area contributed by atoms with Crippen molar-refractivity contribution in [2.45, 2.75) is 20.3 Å². The van der Waals surface area contributed by atoms with Gasteiger partial charge in [-0.2, -0.15) is 11.8 Å². The first-order valence-electron chi connectivity index (χ1n) is 6.74. The van der Waals surface area contributed by atoms with Gasteiger partial charge < -0.3 is 10.1 Å². The number of rotatable bonds is 7. The fourth-order valence-corrected chi connectivity index (χ4v) is 2.98. The van der Waals surface area contributed by atoms with Gasteiger partial charge in [-0.05, 0) is 68.0 Å². The molecule has 0 aromatic heterocycles. The summed E-state index contributed by atoms with van der Waals surface area (Å²) in [4.78, 5) is 0. The number of hydrogen-bond donors (Lipinski definition) is 1. The van der Waals surface area contributed by atoms with Crippen LogP contribution in [0.25, 0.3) is 0 Å². The molecule has 0 spiro atoms. The van der Waals surface area contributed by atoms with E-state index >= 15 is 0 Å². The Labute approximate surface area is 114 Å². The van der Waals surface area contributed by atoms with Gasteiger partial charge in [0.15, 0.2) is 0 Å². The highest BCUT2D eigenvalue weighted by Gasteiger charge is 2.15. The lowest BCUT2D eigenvalue weighted by atomic mass is 10.1. The van der Waals surface area contributed by atoms with Crippen molar-refractivity contribution < 1.29 is 4.74 Å². The second-order valence-corrected chi connectivity index (χ2v) is 6.22. The van der Waals surface area contributed by atoms with Gasteiger partial charge in [0.05, 0.1) is 6.61 Å². The predicted octanol–water partition coefficient (Wildman–Crippen LogP) is 3.02. The van der Waals surface area contributed by atoms with Crippen molar-refractivity contribution in [3.63, 3.8) is 0 Å². The molecular formula is C15H23NOS. The van der Waals surface area contributed by atoms with Gasteiger partial charge in [0.25, 0.3) is 0 Å². The third kappa shape index (κ3) is 4.21. The van der Waals surface area contributed by atoms with E-state index in [4.69, 9.17) is 4.74 Å². The molecule has 0 unspecified atom stereocenters. The number of hydrogen-bond acceptors (Lipinski definition) is 3. The SMILES string of the molecule is Cc1ccc(C)c(OCCCSCC2CNC2)c1. The molecule has 0 saturated carbocycles. The van der Waals surface area contributed by atoms with Gasteiger partial charge in [0.1, 0.15) is 5.75 Å². The molecule has 0 atom stereocenters. The van der Waals surface area contributed by atoms with Crippen LogP contribution in [0.15, 0.2) is 18.2 Å². The van der Waals surface area contributed by atoms with E-state index < -0.39 is 0 Å². The van der Waals surface area contributed by atoms with E-state index in [0.29, 0.717) is 0 Å². The van der Waals surface area contributed by atoms with Crippen LogP contribution in [0, 0.1) is 19.8 Å². The Morgan fingerprint density at radius 3 is 2.89 bits per heavy atom. The zero-order chi connectivity index (χ0) is 12.8. The van der Waals surface area contributed by atoms with Gasteiger partial charge in [-0.25, -0.2) is 0 Å². The van der Waals surface area contributed by atoms with Crippen molar-refractivity contribution in [3.8, 4) is 5.75 Å². The van der Waals surface area contributed by atoms with Crippen LogP contribution in [0.5, 0.6) is 5.75 Å².